The van der Waals surface area contributed by atoms with Crippen molar-refractivity contribution < 1.29 is 14.0 Å². The summed E-state index contributed by atoms with van der Waals surface area (Å²) in [5.74, 6) is -1.34. The minimum atomic E-state index is -0.590. The molecular formula is C19H13BrFNO2. The highest BCUT2D eigenvalue weighted by Gasteiger charge is 2.20. The average Bonchev–Trinajstić information content (AvgIpc) is 2.61. The molecule has 0 aliphatic heterocycles. The number of fused-ring (bicyclic) bond motifs is 1. The van der Waals surface area contributed by atoms with Crippen molar-refractivity contribution in [3.8, 4) is 0 Å². The third kappa shape index (κ3) is 3.08. The zero-order valence-electron chi connectivity index (χ0n) is 12.6. The number of hydrogen-bond acceptors (Lipinski definition) is 2. The van der Waals surface area contributed by atoms with Crippen molar-refractivity contribution in [3.05, 3.63) is 77.6 Å². The summed E-state index contributed by atoms with van der Waals surface area (Å²) >= 11 is 3.08. The fourth-order valence-corrected chi connectivity index (χ4v) is 2.72. The Hall–Kier alpha value is -2.53. The molecule has 0 unspecified atom stereocenters. The second-order valence-electron chi connectivity index (χ2n) is 5.20. The van der Waals surface area contributed by atoms with E-state index in [0.29, 0.717) is 11.1 Å². The molecule has 0 spiro atoms. The first kappa shape index (κ1) is 16.3. The van der Waals surface area contributed by atoms with E-state index in [0.717, 1.165) is 5.39 Å². The van der Waals surface area contributed by atoms with E-state index in [1.807, 2.05) is 18.2 Å². The Morgan fingerprint density at radius 1 is 0.958 bits per heavy atom. The van der Waals surface area contributed by atoms with Gasteiger partial charge in [0.25, 0.3) is 0 Å². The van der Waals surface area contributed by atoms with E-state index < -0.39 is 11.6 Å². The Labute approximate surface area is 146 Å². The molecule has 0 saturated heterocycles. The van der Waals surface area contributed by atoms with Gasteiger partial charge < -0.3 is 5.32 Å². The van der Waals surface area contributed by atoms with Crippen molar-refractivity contribution in [1.29, 1.82) is 0 Å². The lowest BCUT2D eigenvalue weighted by molar-refractivity contribution is -0.113. The molecule has 0 aromatic heterocycles. The number of nitrogens with one attached hydrogen (secondary N) is 1. The van der Waals surface area contributed by atoms with Crippen LogP contribution in [0.1, 0.15) is 15.9 Å². The molecule has 0 atom stereocenters. The Bertz CT molecular complexity index is 940. The number of alkyl halides is 1. The second-order valence-corrected chi connectivity index (χ2v) is 5.76. The summed E-state index contributed by atoms with van der Waals surface area (Å²) in [7, 11) is 0. The predicted octanol–water partition coefficient (Wildman–Crippen LogP) is 4.54. The molecule has 1 amide bonds. The molecule has 0 radical (unpaired) electrons. The van der Waals surface area contributed by atoms with Crippen LogP contribution < -0.4 is 5.32 Å². The highest BCUT2D eigenvalue weighted by atomic mass is 79.9. The molecule has 0 saturated carbocycles. The first-order chi connectivity index (χ1) is 11.6. The summed E-state index contributed by atoms with van der Waals surface area (Å²) in [5.41, 5.74) is 0.627. The monoisotopic (exact) mass is 385 g/mol. The van der Waals surface area contributed by atoms with Gasteiger partial charge in [0.15, 0.2) is 5.78 Å². The Morgan fingerprint density at radius 3 is 2.42 bits per heavy atom. The minimum absolute atomic E-state index is 0.0248. The van der Waals surface area contributed by atoms with Crippen LogP contribution in [0.4, 0.5) is 10.1 Å². The molecule has 3 aromatic carbocycles. The third-order valence-electron chi connectivity index (χ3n) is 3.67. The van der Waals surface area contributed by atoms with Crippen molar-refractivity contribution in [3.63, 3.8) is 0 Å². The van der Waals surface area contributed by atoms with E-state index in [-0.39, 0.29) is 22.4 Å². The van der Waals surface area contributed by atoms with Crippen molar-refractivity contribution in [2.24, 2.45) is 0 Å². The first-order valence-corrected chi connectivity index (χ1v) is 8.40. The SMILES string of the molecule is O=C(CBr)Nc1ccc2ccccc2c1C(=O)c1ccccc1F. The summed E-state index contributed by atoms with van der Waals surface area (Å²) in [5, 5.41) is 4.30. The summed E-state index contributed by atoms with van der Waals surface area (Å²) in [4.78, 5) is 24.7. The van der Waals surface area contributed by atoms with Crippen molar-refractivity contribution >= 4 is 44.1 Å². The smallest absolute Gasteiger partial charge is 0.235 e. The van der Waals surface area contributed by atoms with Gasteiger partial charge in [-0.15, -0.1) is 0 Å². The highest BCUT2D eigenvalue weighted by Crippen LogP contribution is 2.29. The zero-order chi connectivity index (χ0) is 17.1. The first-order valence-electron chi connectivity index (χ1n) is 7.28. The van der Waals surface area contributed by atoms with E-state index >= 15 is 0 Å². The van der Waals surface area contributed by atoms with Crippen LogP contribution in [0.5, 0.6) is 0 Å². The summed E-state index contributed by atoms with van der Waals surface area (Å²) < 4.78 is 14.1. The van der Waals surface area contributed by atoms with Gasteiger partial charge in [0.2, 0.25) is 5.91 Å². The fraction of sp³-hybridized carbons (Fsp3) is 0.0526. The number of ketones is 1. The van der Waals surface area contributed by atoms with Gasteiger partial charge >= 0.3 is 0 Å². The predicted molar refractivity (Wildman–Crippen MR) is 96.2 cm³/mol. The standard InChI is InChI=1S/C19H13BrFNO2/c20-11-17(23)22-16-10-9-12-5-1-2-6-13(12)18(16)19(24)14-7-3-4-8-15(14)21/h1-10H,11H2,(H,22,23). The van der Waals surface area contributed by atoms with Gasteiger partial charge in [-0.2, -0.15) is 0 Å². The van der Waals surface area contributed by atoms with E-state index in [1.165, 1.54) is 18.2 Å². The molecule has 0 aliphatic carbocycles. The summed E-state index contributed by atoms with van der Waals surface area (Å²) in [6, 6.07) is 16.6. The molecule has 24 heavy (non-hydrogen) atoms. The zero-order valence-corrected chi connectivity index (χ0v) is 14.1. The van der Waals surface area contributed by atoms with Crippen LogP contribution in [0.3, 0.4) is 0 Å². The van der Waals surface area contributed by atoms with Gasteiger partial charge in [-0.1, -0.05) is 58.4 Å². The summed E-state index contributed by atoms with van der Waals surface area (Å²) in [6.45, 7) is 0. The van der Waals surface area contributed by atoms with Gasteiger partial charge in [-0.25, -0.2) is 4.39 Å². The van der Waals surface area contributed by atoms with Gasteiger partial charge in [-0.3, -0.25) is 9.59 Å². The molecule has 0 aliphatic rings. The summed E-state index contributed by atoms with van der Waals surface area (Å²) in [6.07, 6.45) is 0. The van der Waals surface area contributed by atoms with E-state index in [4.69, 9.17) is 0 Å². The van der Waals surface area contributed by atoms with Gasteiger partial charge in [0.1, 0.15) is 5.82 Å². The fourth-order valence-electron chi connectivity index (χ4n) is 2.58. The van der Waals surface area contributed by atoms with E-state index in [9.17, 15) is 14.0 Å². The Kier molecular flexibility index (Phi) is 4.71. The lowest BCUT2D eigenvalue weighted by Gasteiger charge is -2.13. The van der Waals surface area contributed by atoms with Gasteiger partial charge in [-0.05, 0) is 29.0 Å². The van der Waals surface area contributed by atoms with Crippen LogP contribution in [0.2, 0.25) is 0 Å². The van der Waals surface area contributed by atoms with E-state index in [1.54, 1.807) is 24.3 Å². The lowest BCUT2D eigenvalue weighted by Crippen LogP contribution is -2.16. The van der Waals surface area contributed by atoms with Crippen molar-refractivity contribution in [2.45, 2.75) is 0 Å². The molecule has 1 N–H and O–H groups in total. The normalized spacial score (nSPS) is 10.6. The number of amides is 1. The maximum Gasteiger partial charge on any atom is 0.235 e. The number of halogens is 2. The minimum Gasteiger partial charge on any atom is -0.325 e. The van der Waals surface area contributed by atoms with Crippen molar-refractivity contribution in [1.82, 2.24) is 0 Å². The molecule has 3 rings (SSSR count). The van der Waals surface area contributed by atoms with Gasteiger partial charge in [0.05, 0.1) is 22.1 Å². The lowest BCUT2D eigenvalue weighted by atomic mass is 9.95. The quantitative estimate of drug-likeness (QED) is 0.529. The largest absolute Gasteiger partial charge is 0.325 e. The second kappa shape index (κ2) is 6.93. The van der Waals surface area contributed by atoms with Gasteiger partial charge in [0, 0.05) is 0 Å². The molecule has 0 fully saturated rings. The van der Waals surface area contributed by atoms with Crippen LogP contribution in [-0.2, 0) is 4.79 Å². The molecule has 3 nitrogen and oxygen atoms in total. The Morgan fingerprint density at radius 2 is 1.67 bits per heavy atom. The van der Waals surface area contributed by atoms with Crippen molar-refractivity contribution in [2.75, 3.05) is 10.6 Å². The van der Waals surface area contributed by atoms with Crippen LogP contribution in [-0.4, -0.2) is 17.0 Å². The van der Waals surface area contributed by atoms with Crippen LogP contribution >= 0.6 is 15.9 Å². The third-order valence-corrected chi connectivity index (χ3v) is 4.18. The molecule has 0 bridgehead atoms. The maximum absolute atomic E-state index is 14.1. The van der Waals surface area contributed by atoms with Crippen LogP contribution in [0.25, 0.3) is 10.8 Å². The number of hydrogen-bond donors (Lipinski definition) is 1. The highest BCUT2D eigenvalue weighted by molar-refractivity contribution is 9.09. The topological polar surface area (TPSA) is 46.2 Å². The maximum atomic E-state index is 14.1. The molecule has 120 valence electrons. The number of benzene rings is 3. The molecule has 5 heteroatoms. The number of anilines is 1. The molecular weight excluding hydrogens is 373 g/mol. The van der Waals surface area contributed by atoms with Crippen LogP contribution in [0.15, 0.2) is 60.7 Å². The molecule has 0 heterocycles. The molecule has 3 aromatic rings. The number of carbonyl (C=O) groups is 2. The van der Waals surface area contributed by atoms with E-state index in [2.05, 4.69) is 21.2 Å². The number of carbonyl (C=O) groups excluding carboxylic acids is 2. The van der Waals surface area contributed by atoms with Crippen LogP contribution in [0, 0.1) is 5.82 Å². The average molecular weight is 386 g/mol. The number of rotatable bonds is 4. The Balaban J connectivity index is 2.23.